The van der Waals surface area contributed by atoms with Gasteiger partial charge in [-0.25, -0.2) is 9.18 Å². The van der Waals surface area contributed by atoms with Crippen molar-refractivity contribution in [2.75, 3.05) is 5.32 Å². The van der Waals surface area contributed by atoms with Gasteiger partial charge in [-0.3, -0.25) is 14.9 Å². The smallest absolute Gasteiger partial charge is 0.322 e. The Morgan fingerprint density at radius 1 is 1.15 bits per heavy atom. The number of nitrogens with one attached hydrogen (secondary N) is 3. The first-order valence-electron chi connectivity index (χ1n) is 8.39. The fourth-order valence-corrected chi connectivity index (χ4v) is 2.57. The van der Waals surface area contributed by atoms with Crippen LogP contribution in [0.2, 0.25) is 0 Å². The van der Waals surface area contributed by atoms with Crippen LogP contribution in [-0.2, 0) is 16.2 Å². The number of benzene rings is 2. The van der Waals surface area contributed by atoms with E-state index in [0.29, 0.717) is 17.0 Å². The van der Waals surface area contributed by atoms with E-state index in [2.05, 4.69) is 16.0 Å². The number of carbonyl (C=O) groups is 3. The summed E-state index contributed by atoms with van der Waals surface area (Å²) in [5.74, 6) is -0.646. The van der Waals surface area contributed by atoms with Gasteiger partial charge in [-0.2, -0.15) is 0 Å². The summed E-state index contributed by atoms with van der Waals surface area (Å²) in [5, 5.41) is 7.24. The Morgan fingerprint density at radius 2 is 1.89 bits per heavy atom. The van der Waals surface area contributed by atoms with E-state index in [-0.39, 0.29) is 25.3 Å². The molecule has 1 atom stereocenters. The second-order valence-electron chi connectivity index (χ2n) is 6.01. The molecule has 0 saturated carbocycles. The Morgan fingerprint density at radius 3 is 2.63 bits per heavy atom. The van der Waals surface area contributed by atoms with Crippen molar-refractivity contribution in [3.05, 3.63) is 59.9 Å². The van der Waals surface area contributed by atoms with Crippen LogP contribution in [0.5, 0.6) is 5.75 Å². The van der Waals surface area contributed by atoms with E-state index in [0.717, 1.165) is 0 Å². The number of hydrogen-bond acceptors (Lipinski definition) is 4. The van der Waals surface area contributed by atoms with Gasteiger partial charge in [-0.1, -0.05) is 18.2 Å². The van der Waals surface area contributed by atoms with Crippen molar-refractivity contribution in [1.29, 1.82) is 0 Å². The van der Waals surface area contributed by atoms with Crippen LogP contribution in [-0.4, -0.2) is 23.9 Å². The van der Waals surface area contributed by atoms with Crippen molar-refractivity contribution in [1.82, 2.24) is 10.6 Å². The molecule has 1 unspecified atom stereocenters. The molecule has 0 radical (unpaired) electrons. The highest BCUT2D eigenvalue weighted by Crippen LogP contribution is 2.18. The van der Waals surface area contributed by atoms with Gasteiger partial charge in [0.15, 0.2) is 0 Å². The lowest BCUT2D eigenvalue weighted by Crippen LogP contribution is -2.45. The van der Waals surface area contributed by atoms with Crippen molar-refractivity contribution in [3.63, 3.8) is 0 Å². The molecule has 27 heavy (non-hydrogen) atoms. The van der Waals surface area contributed by atoms with Crippen molar-refractivity contribution in [3.8, 4) is 5.75 Å². The van der Waals surface area contributed by atoms with E-state index < -0.39 is 23.9 Å². The van der Waals surface area contributed by atoms with Crippen LogP contribution in [0.1, 0.15) is 18.4 Å². The van der Waals surface area contributed by atoms with Gasteiger partial charge in [-0.05, 0) is 36.8 Å². The van der Waals surface area contributed by atoms with Gasteiger partial charge >= 0.3 is 6.03 Å². The van der Waals surface area contributed by atoms with E-state index in [1.807, 2.05) is 0 Å². The van der Waals surface area contributed by atoms with Crippen LogP contribution in [0.25, 0.3) is 0 Å². The first kappa shape index (κ1) is 18.4. The zero-order chi connectivity index (χ0) is 19.2. The van der Waals surface area contributed by atoms with E-state index in [9.17, 15) is 18.8 Å². The minimum atomic E-state index is -0.798. The molecule has 0 spiro atoms. The molecular weight excluding hydrogens is 353 g/mol. The molecule has 1 fully saturated rings. The maximum atomic E-state index is 13.6. The molecule has 1 aliphatic heterocycles. The summed E-state index contributed by atoms with van der Waals surface area (Å²) in [6, 6.07) is 11.4. The summed E-state index contributed by atoms with van der Waals surface area (Å²) >= 11 is 0. The van der Waals surface area contributed by atoms with Gasteiger partial charge in [0.2, 0.25) is 11.8 Å². The molecule has 7 nitrogen and oxygen atoms in total. The molecular formula is C19H18FN3O4. The lowest BCUT2D eigenvalue weighted by molar-refractivity contribution is -0.120. The standard InChI is InChI=1S/C19H18FN3O4/c20-15-4-2-1-3-12(15)11-27-14-7-5-13(6-8-14)21-18(25)16-9-10-17(24)23-19(26)22-16/h1-8,16H,9-11H2,(H,21,25)(H2,22,23,24,26). The maximum Gasteiger partial charge on any atom is 0.322 e. The molecule has 2 aromatic rings. The number of imide groups is 1. The third kappa shape index (κ3) is 5.04. The molecule has 4 amide bonds. The minimum Gasteiger partial charge on any atom is -0.489 e. The Balaban J connectivity index is 1.55. The van der Waals surface area contributed by atoms with Crippen LogP contribution in [0.4, 0.5) is 14.9 Å². The predicted molar refractivity (Wildman–Crippen MR) is 95.5 cm³/mol. The molecule has 8 heteroatoms. The number of urea groups is 1. The Hall–Kier alpha value is -3.42. The summed E-state index contributed by atoms with van der Waals surface area (Å²) in [6.45, 7) is 0.0908. The van der Waals surface area contributed by atoms with Gasteiger partial charge < -0.3 is 15.4 Å². The number of halogens is 1. The van der Waals surface area contributed by atoms with Gasteiger partial charge in [0.05, 0.1) is 0 Å². The number of hydrogen-bond donors (Lipinski definition) is 3. The molecule has 3 N–H and O–H groups in total. The van der Waals surface area contributed by atoms with Gasteiger partial charge in [-0.15, -0.1) is 0 Å². The van der Waals surface area contributed by atoms with Crippen molar-refractivity contribution in [2.45, 2.75) is 25.5 Å². The monoisotopic (exact) mass is 371 g/mol. The fraction of sp³-hybridized carbons (Fsp3) is 0.211. The maximum absolute atomic E-state index is 13.6. The van der Waals surface area contributed by atoms with Crippen LogP contribution >= 0.6 is 0 Å². The summed E-state index contributed by atoms with van der Waals surface area (Å²) in [7, 11) is 0. The number of rotatable bonds is 5. The number of anilines is 1. The number of ether oxygens (including phenoxy) is 1. The highest BCUT2D eigenvalue weighted by atomic mass is 19.1. The zero-order valence-corrected chi connectivity index (χ0v) is 14.3. The SMILES string of the molecule is O=C1CCC(C(=O)Nc2ccc(OCc3ccccc3F)cc2)NC(=O)N1. The lowest BCUT2D eigenvalue weighted by Gasteiger charge is -2.15. The highest BCUT2D eigenvalue weighted by Gasteiger charge is 2.26. The molecule has 0 aliphatic carbocycles. The number of amides is 4. The van der Waals surface area contributed by atoms with Crippen molar-refractivity contribution in [2.24, 2.45) is 0 Å². The first-order chi connectivity index (χ1) is 13.0. The summed E-state index contributed by atoms with van der Waals surface area (Å²) in [5.41, 5.74) is 0.957. The molecule has 2 aromatic carbocycles. The minimum absolute atomic E-state index is 0.0830. The first-order valence-corrected chi connectivity index (χ1v) is 8.39. The lowest BCUT2D eigenvalue weighted by atomic mass is 10.1. The number of carbonyl (C=O) groups excluding carboxylic acids is 3. The Kier molecular flexibility index (Phi) is 5.65. The fourth-order valence-electron chi connectivity index (χ4n) is 2.57. The molecule has 1 saturated heterocycles. The van der Waals surface area contributed by atoms with Crippen molar-refractivity contribution >= 4 is 23.5 Å². The third-order valence-corrected chi connectivity index (χ3v) is 4.01. The predicted octanol–water partition coefficient (Wildman–Crippen LogP) is 2.33. The van der Waals surface area contributed by atoms with Gasteiger partial charge in [0.1, 0.15) is 24.2 Å². The second-order valence-corrected chi connectivity index (χ2v) is 6.01. The molecule has 1 aliphatic rings. The van der Waals surface area contributed by atoms with Crippen LogP contribution in [0.3, 0.4) is 0 Å². The van der Waals surface area contributed by atoms with Crippen LogP contribution in [0, 0.1) is 5.82 Å². The van der Waals surface area contributed by atoms with E-state index in [4.69, 9.17) is 4.74 Å². The van der Waals surface area contributed by atoms with Crippen molar-refractivity contribution < 1.29 is 23.5 Å². The molecule has 1 heterocycles. The third-order valence-electron chi connectivity index (χ3n) is 4.01. The van der Waals surface area contributed by atoms with Crippen LogP contribution < -0.4 is 20.7 Å². The average Bonchev–Trinajstić information content (AvgIpc) is 2.82. The topological polar surface area (TPSA) is 96.5 Å². The largest absolute Gasteiger partial charge is 0.489 e. The molecule has 0 bridgehead atoms. The van der Waals surface area contributed by atoms with Gasteiger partial charge in [0, 0.05) is 17.7 Å². The quantitative estimate of drug-likeness (QED) is 0.752. The summed E-state index contributed by atoms with van der Waals surface area (Å²) in [6.07, 6.45) is 0.299. The Labute approximate surface area is 154 Å². The summed E-state index contributed by atoms with van der Waals surface area (Å²) in [4.78, 5) is 35.0. The zero-order valence-electron chi connectivity index (χ0n) is 14.3. The average molecular weight is 371 g/mol. The van der Waals surface area contributed by atoms with E-state index >= 15 is 0 Å². The Bertz CT molecular complexity index is 854. The normalized spacial score (nSPS) is 16.7. The molecule has 3 rings (SSSR count). The van der Waals surface area contributed by atoms with E-state index in [1.54, 1.807) is 42.5 Å². The molecule has 140 valence electrons. The van der Waals surface area contributed by atoms with E-state index in [1.165, 1.54) is 6.07 Å². The molecule has 0 aromatic heterocycles. The second kappa shape index (κ2) is 8.31. The summed E-state index contributed by atoms with van der Waals surface area (Å²) < 4.78 is 19.1. The van der Waals surface area contributed by atoms with Gasteiger partial charge in [0.25, 0.3) is 0 Å². The van der Waals surface area contributed by atoms with Crippen LogP contribution in [0.15, 0.2) is 48.5 Å². The highest BCUT2D eigenvalue weighted by molar-refractivity contribution is 6.01.